The predicted octanol–water partition coefficient (Wildman–Crippen LogP) is 2.42. The number of ether oxygens (including phenoxy) is 1. The zero-order valence-electron chi connectivity index (χ0n) is 9.29. The van der Waals surface area contributed by atoms with E-state index in [1.807, 2.05) is 38.1 Å². The molecule has 0 aromatic heterocycles. The number of halogens is 1. The second kappa shape index (κ2) is 4.18. The van der Waals surface area contributed by atoms with Gasteiger partial charge in [0.1, 0.15) is 12.7 Å². The minimum atomic E-state index is -0.379. The minimum absolute atomic E-state index is 0.0590. The SMILES string of the molecule is CC1(C)NC(=O)COC1c1cccc(Br)c1. The minimum Gasteiger partial charge on any atom is -0.361 e. The molecule has 1 unspecified atom stereocenters. The fourth-order valence-electron chi connectivity index (χ4n) is 2.01. The van der Waals surface area contributed by atoms with E-state index in [1.54, 1.807) is 0 Å². The van der Waals surface area contributed by atoms with Crippen LogP contribution >= 0.6 is 15.9 Å². The largest absolute Gasteiger partial charge is 0.361 e. The van der Waals surface area contributed by atoms with E-state index in [0.29, 0.717) is 0 Å². The van der Waals surface area contributed by atoms with Gasteiger partial charge in [0.25, 0.3) is 0 Å². The fraction of sp³-hybridized carbons (Fsp3) is 0.417. The summed E-state index contributed by atoms with van der Waals surface area (Å²) in [6, 6.07) is 7.96. The monoisotopic (exact) mass is 283 g/mol. The Kier molecular flexibility index (Phi) is 3.04. The molecule has 0 bridgehead atoms. The van der Waals surface area contributed by atoms with Crippen LogP contribution in [-0.2, 0) is 9.53 Å². The molecule has 1 fully saturated rings. The number of benzene rings is 1. The Labute approximate surface area is 103 Å². The van der Waals surface area contributed by atoms with Crippen LogP contribution < -0.4 is 5.32 Å². The van der Waals surface area contributed by atoms with Crippen molar-refractivity contribution in [1.82, 2.24) is 5.32 Å². The summed E-state index contributed by atoms with van der Waals surface area (Å²) in [6.45, 7) is 4.06. The molecule has 1 aromatic rings. The number of morpholine rings is 1. The Morgan fingerprint density at radius 3 is 2.88 bits per heavy atom. The van der Waals surface area contributed by atoms with E-state index < -0.39 is 0 Å². The molecule has 0 saturated carbocycles. The maximum Gasteiger partial charge on any atom is 0.246 e. The molecule has 3 nitrogen and oxygen atoms in total. The van der Waals surface area contributed by atoms with Gasteiger partial charge in [0, 0.05) is 4.47 Å². The molecule has 2 rings (SSSR count). The molecule has 1 heterocycles. The molecule has 1 amide bonds. The summed E-state index contributed by atoms with van der Waals surface area (Å²) in [5.41, 5.74) is 0.690. The predicted molar refractivity (Wildman–Crippen MR) is 65.1 cm³/mol. The Morgan fingerprint density at radius 1 is 1.50 bits per heavy atom. The number of carbonyl (C=O) groups excluding carboxylic acids is 1. The maximum atomic E-state index is 11.3. The highest BCUT2D eigenvalue weighted by Gasteiger charge is 2.37. The molecule has 0 radical (unpaired) electrons. The van der Waals surface area contributed by atoms with E-state index in [9.17, 15) is 4.79 Å². The van der Waals surface area contributed by atoms with Crippen molar-refractivity contribution in [3.05, 3.63) is 34.3 Å². The first-order valence-electron chi connectivity index (χ1n) is 5.17. The van der Waals surface area contributed by atoms with Crippen LogP contribution in [0.4, 0.5) is 0 Å². The van der Waals surface area contributed by atoms with Crippen LogP contribution in [0.2, 0.25) is 0 Å². The van der Waals surface area contributed by atoms with Crippen LogP contribution in [0.1, 0.15) is 25.5 Å². The molecular formula is C12H14BrNO2. The van der Waals surface area contributed by atoms with Gasteiger partial charge in [-0.25, -0.2) is 0 Å². The van der Waals surface area contributed by atoms with Gasteiger partial charge in [-0.2, -0.15) is 0 Å². The van der Waals surface area contributed by atoms with Gasteiger partial charge in [0.05, 0.1) is 5.54 Å². The van der Waals surface area contributed by atoms with Crippen LogP contribution in [0.25, 0.3) is 0 Å². The van der Waals surface area contributed by atoms with E-state index in [1.165, 1.54) is 0 Å². The van der Waals surface area contributed by atoms with Crippen molar-refractivity contribution in [3.63, 3.8) is 0 Å². The van der Waals surface area contributed by atoms with Crippen molar-refractivity contribution in [1.29, 1.82) is 0 Å². The number of rotatable bonds is 1. The third-order valence-electron chi connectivity index (χ3n) is 2.65. The average molecular weight is 284 g/mol. The molecule has 1 aromatic carbocycles. The van der Waals surface area contributed by atoms with E-state index in [0.717, 1.165) is 10.0 Å². The summed E-state index contributed by atoms with van der Waals surface area (Å²) in [5, 5.41) is 2.94. The summed E-state index contributed by atoms with van der Waals surface area (Å²) in [6.07, 6.45) is -0.109. The molecule has 1 aliphatic rings. The van der Waals surface area contributed by atoms with Gasteiger partial charge in [-0.15, -0.1) is 0 Å². The number of hydrogen-bond donors (Lipinski definition) is 1. The molecule has 86 valence electrons. The maximum absolute atomic E-state index is 11.3. The third kappa shape index (κ3) is 2.28. The summed E-state index contributed by atoms with van der Waals surface area (Å²) in [5.74, 6) is -0.0590. The van der Waals surface area contributed by atoms with Gasteiger partial charge in [-0.1, -0.05) is 28.1 Å². The summed E-state index contributed by atoms with van der Waals surface area (Å²) < 4.78 is 6.63. The molecule has 1 N–H and O–H groups in total. The van der Waals surface area contributed by atoms with Crippen molar-refractivity contribution in [2.75, 3.05) is 6.61 Å². The summed E-state index contributed by atoms with van der Waals surface area (Å²) >= 11 is 3.44. The molecule has 0 aliphatic carbocycles. The first-order chi connectivity index (χ1) is 7.49. The highest BCUT2D eigenvalue weighted by molar-refractivity contribution is 9.10. The Bertz CT molecular complexity index is 417. The van der Waals surface area contributed by atoms with E-state index in [2.05, 4.69) is 21.2 Å². The van der Waals surface area contributed by atoms with Crippen molar-refractivity contribution >= 4 is 21.8 Å². The van der Waals surface area contributed by atoms with Crippen molar-refractivity contribution in [3.8, 4) is 0 Å². The van der Waals surface area contributed by atoms with Gasteiger partial charge in [-0.3, -0.25) is 4.79 Å². The van der Waals surface area contributed by atoms with E-state index in [-0.39, 0.29) is 24.2 Å². The second-order valence-electron chi connectivity index (χ2n) is 4.52. The van der Waals surface area contributed by atoms with Crippen molar-refractivity contribution in [2.24, 2.45) is 0 Å². The van der Waals surface area contributed by atoms with Gasteiger partial charge in [-0.05, 0) is 31.5 Å². The van der Waals surface area contributed by atoms with Crippen molar-refractivity contribution in [2.45, 2.75) is 25.5 Å². The molecule has 4 heteroatoms. The van der Waals surface area contributed by atoms with Gasteiger partial charge in [0.15, 0.2) is 0 Å². The van der Waals surface area contributed by atoms with Crippen LogP contribution in [-0.4, -0.2) is 18.1 Å². The normalized spacial score (nSPS) is 23.9. The zero-order valence-corrected chi connectivity index (χ0v) is 10.9. The van der Waals surface area contributed by atoms with Gasteiger partial charge >= 0.3 is 0 Å². The van der Waals surface area contributed by atoms with Crippen LogP contribution in [0.3, 0.4) is 0 Å². The average Bonchev–Trinajstić information content (AvgIpc) is 2.15. The Hall–Kier alpha value is -0.870. The third-order valence-corrected chi connectivity index (χ3v) is 3.14. The lowest BCUT2D eigenvalue weighted by atomic mass is 9.90. The quantitative estimate of drug-likeness (QED) is 0.860. The molecular weight excluding hydrogens is 270 g/mol. The molecule has 1 saturated heterocycles. The van der Waals surface area contributed by atoms with Crippen molar-refractivity contribution < 1.29 is 9.53 Å². The summed E-state index contributed by atoms with van der Waals surface area (Å²) in [7, 11) is 0. The smallest absolute Gasteiger partial charge is 0.246 e. The van der Waals surface area contributed by atoms with Crippen LogP contribution in [0.5, 0.6) is 0 Å². The number of amides is 1. The molecule has 0 spiro atoms. The lowest BCUT2D eigenvalue weighted by Crippen LogP contribution is -2.54. The highest BCUT2D eigenvalue weighted by atomic mass is 79.9. The Balaban J connectivity index is 2.30. The standard InChI is InChI=1S/C12H14BrNO2/c1-12(2)11(16-7-10(15)14-12)8-4-3-5-9(13)6-8/h3-6,11H,7H2,1-2H3,(H,14,15). The lowest BCUT2D eigenvalue weighted by molar-refractivity contribution is -0.142. The first kappa shape index (κ1) is 11.6. The number of nitrogens with one attached hydrogen (secondary N) is 1. The lowest BCUT2D eigenvalue weighted by Gasteiger charge is -2.39. The van der Waals surface area contributed by atoms with Gasteiger partial charge in [0.2, 0.25) is 5.91 Å². The molecule has 16 heavy (non-hydrogen) atoms. The number of carbonyl (C=O) groups is 1. The molecule has 1 atom stereocenters. The topological polar surface area (TPSA) is 38.3 Å². The number of hydrogen-bond acceptors (Lipinski definition) is 2. The second-order valence-corrected chi connectivity index (χ2v) is 5.43. The zero-order chi connectivity index (χ0) is 11.8. The van der Waals surface area contributed by atoms with Crippen LogP contribution in [0, 0.1) is 0 Å². The first-order valence-corrected chi connectivity index (χ1v) is 5.96. The fourth-order valence-corrected chi connectivity index (χ4v) is 2.43. The van der Waals surface area contributed by atoms with E-state index >= 15 is 0 Å². The Morgan fingerprint density at radius 2 is 2.25 bits per heavy atom. The highest BCUT2D eigenvalue weighted by Crippen LogP contribution is 2.32. The van der Waals surface area contributed by atoms with Crippen LogP contribution in [0.15, 0.2) is 28.7 Å². The van der Waals surface area contributed by atoms with E-state index in [4.69, 9.17) is 4.74 Å². The molecule has 1 aliphatic heterocycles. The van der Waals surface area contributed by atoms with Gasteiger partial charge < -0.3 is 10.1 Å². The summed E-state index contributed by atoms with van der Waals surface area (Å²) in [4.78, 5) is 11.3.